The second-order valence-corrected chi connectivity index (χ2v) is 6.15. The van der Waals surface area contributed by atoms with Crippen molar-refractivity contribution in [1.82, 2.24) is 10.6 Å². The van der Waals surface area contributed by atoms with Crippen molar-refractivity contribution in [2.45, 2.75) is 26.3 Å². The summed E-state index contributed by atoms with van der Waals surface area (Å²) in [6.07, 6.45) is 0.312. The molecular formula is C20H23N3O3. The summed E-state index contributed by atoms with van der Waals surface area (Å²) < 4.78 is 0. The zero-order valence-electron chi connectivity index (χ0n) is 14.9. The van der Waals surface area contributed by atoms with E-state index in [1.165, 1.54) is 0 Å². The van der Waals surface area contributed by atoms with Crippen LogP contribution in [0.1, 0.15) is 27.0 Å². The number of hydrogen-bond acceptors (Lipinski definition) is 3. The van der Waals surface area contributed by atoms with Crippen molar-refractivity contribution in [3.8, 4) is 0 Å². The lowest BCUT2D eigenvalue weighted by Crippen LogP contribution is -2.49. The average molecular weight is 353 g/mol. The number of amides is 3. The van der Waals surface area contributed by atoms with E-state index in [1.54, 1.807) is 30.3 Å². The first-order valence-electron chi connectivity index (χ1n) is 8.35. The van der Waals surface area contributed by atoms with Crippen molar-refractivity contribution >= 4 is 17.7 Å². The lowest BCUT2D eigenvalue weighted by Gasteiger charge is -2.18. The summed E-state index contributed by atoms with van der Waals surface area (Å²) in [6, 6.07) is 13.6. The molecular weight excluding hydrogens is 330 g/mol. The van der Waals surface area contributed by atoms with Gasteiger partial charge in [0, 0.05) is 12.0 Å². The SMILES string of the molecule is Cc1cccc(C)c1C[C@H](NC(=O)CNC(=O)c1ccccc1)C(N)=O. The molecule has 2 aromatic rings. The third kappa shape index (κ3) is 5.17. The van der Waals surface area contributed by atoms with Crippen LogP contribution in [0.3, 0.4) is 0 Å². The van der Waals surface area contributed by atoms with Crippen LogP contribution in [-0.4, -0.2) is 30.3 Å². The Labute approximate surface area is 152 Å². The molecule has 0 radical (unpaired) electrons. The van der Waals surface area contributed by atoms with E-state index in [9.17, 15) is 14.4 Å². The fourth-order valence-electron chi connectivity index (χ4n) is 2.70. The lowest BCUT2D eigenvalue weighted by molar-refractivity contribution is -0.126. The highest BCUT2D eigenvalue weighted by Gasteiger charge is 2.20. The van der Waals surface area contributed by atoms with Gasteiger partial charge in [-0.1, -0.05) is 36.4 Å². The Morgan fingerprint density at radius 1 is 0.962 bits per heavy atom. The molecule has 6 heteroatoms. The zero-order valence-corrected chi connectivity index (χ0v) is 14.9. The van der Waals surface area contributed by atoms with Crippen molar-refractivity contribution in [2.75, 3.05) is 6.54 Å². The summed E-state index contributed by atoms with van der Waals surface area (Å²) in [7, 11) is 0. The van der Waals surface area contributed by atoms with Gasteiger partial charge in [0.25, 0.3) is 5.91 Å². The molecule has 1 atom stereocenters. The molecule has 0 aliphatic rings. The van der Waals surface area contributed by atoms with Gasteiger partial charge in [-0.05, 0) is 42.7 Å². The van der Waals surface area contributed by atoms with Gasteiger partial charge in [0.1, 0.15) is 6.04 Å². The van der Waals surface area contributed by atoms with Crippen molar-refractivity contribution in [2.24, 2.45) is 5.73 Å². The molecule has 0 aliphatic carbocycles. The number of benzene rings is 2. The van der Waals surface area contributed by atoms with Gasteiger partial charge in [-0.2, -0.15) is 0 Å². The largest absolute Gasteiger partial charge is 0.368 e. The van der Waals surface area contributed by atoms with E-state index < -0.39 is 17.9 Å². The van der Waals surface area contributed by atoms with Gasteiger partial charge in [-0.3, -0.25) is 14.4 Å². The Morgan fingerprint density at radius 2 is 1.58 bits per heavy atom. The number of primary amides is 1. The second-order valence-electron chi connectivity index (χ2n) is 6.15. The Balaban J connectivity index is 1.96. The standard InChI is InChI=1S/C20H23N3O3/c1-13-7-6-8-14(2)16(13)11-17(19(21)25)23-18(24)12-22-20(26)15-9-4-3-5-10-15/h3-10,17H,11-12H2,1-2H3,(H2,21,25)(H,22,26)(H,23,24)/t17-/m0/s1. The monoisotopic (exact) mass is 353 g/mol. The Bertz CT molecular complexity index is 783. The molecule has 4 N–H and O–H groups in total. The molecule has 3 amide bonds. The molecule has 0 fully saturated rings. The number of hydrogen-bond donors (Lipinski definition) is 3. The van der Waals surface area contributed by atoms with Crippen molar-refractivity contribution < 1.29 is 14.4 Å². The third-order valence-corrected chi connectivity index (χ3v) is 4.18. The van der Waals surface area contributed by atoms with Gasteiger partial charge in [-0.15, -0.1) is 0 Å². The van der Waals surface area contributed by atoms with Crippen LogP contribution in [0.4, 0.5) is 0 Å². The minimum atomic E-state index is -0.837. The summed E-state index contributed by atoms with van der Waals surface area (Å²) in [6.45, 7) is 3.66. The Morgan fingerprint density at radius 3 is 2.15 bits per heavy atom. The fourth-order valence-corrected chi connectivity index (χ4v) is 2.70. The highest BCUT2D eigenvalue weighted by atomic mass is 16.2. The molecule has 2 aromatic carbocycles. The van der Waals surface area contributed by atoms with Gasteiger partial charge in [0.15, 0.2) is 0 Å². The maximum atomic E-state index is 12.1. The summed E-state index contributed by atoms with van der Waals surface area (Å²) >= 11 is 0. The van der Waals surface area contributed by atoms with Crippen LogP contribution in [0.2, 0.25) is 0 Å². The van der Waals surface area contributed by atoms with Gasteiger partial charge >= 0.3 is 0 Å². The Hall–Kier alpha value is -3.15. The number of nitrogens with one attached hydrogen (secondary N) is 2. The molecule has 0 aliphatic heterocycles. The zero-order chi connectivity index (χ0) is 19.1. The molecule has 0 saturated heterocycles. The number of nitrogens with two attached hydrogens (primary N) is 1. The normalized spacial score (nSPS) is 11.5. The molecule has 2 rings (SSSR count). The van der Waals surface area contributed by atoms with Gasteiger partial charge < -0.3 is 16.4 Å². The van der Waals surface area contributed by atoms with E-state index in [-0.39, 0.29) is 12.5 Å². The molecule has 0 aromatic heterocycles. The number of rotatable bonds is 7. The van der Waals surface area contributed by atoms with Crippen LogP contribution in [0.5, 0.6) is 0 Å². The molecule has 0 spiro atoms. The summed E-state index contributed by atoms with van der Waals surface area (Å²) in [5, 5.41) is 5.12. The molecule has 136 valence electrons. The first kappa shape index (κ1) is 19.2. The van der Waals surface area contributed by atoms with Crippen LogP contribution in [-0.2, 0) is 16.0 Å². The first-order chi connectivity index (χ1) is 12.4. The van der Waals surface area contributed by atoms with E-state index in [0.29, 0.717) is 12.0 Å². The van der Waals surface area contributed by atoms with Gasteiger partial charge in [0.2, 0.25) is 11.8 Å². The van der Waals surface area contributed by atoms with E-state index in [0.717, 1.165) is 16.7 Å². The minimum Gasteiger partial charge on any atom is -0.368 e. The molecule has 0 heterocycles. The predicted molar refractivity (Wildman–Crippen MR) is 99.5 cm³/mol. The van der Waals surface area contributed by atoms with Gasteiger partial charge in [0.05, 0.1) is 6.54 Å². The smallest absolute Gasteiger partial charge is 0.251 e. The molecule has 0 saturated carbocycles. The summed E-state index contributed by atoms with van der Waals surface area (Å²) in [5.74, 6) is -1.44. The van der Waals surface area contributed by atoms with Crippen molar-refractivity contribution in [1.29, 1.82) is 0 Å². The average Bonchev–Trinajstić information content (AvgIpc) is 2.62. The maximum Gasteiger partial charge on any atom is 0.251 e. The van der Waals surface area contributed by atoms with Crippen LogP contribution in [0.15, 0.2) is 48.5 Å². The summed E-state index contributed by atoms with van der Waals surface area (Å²) in [5.41, 5.74) is 8.94. The van der Waals surface area contributed by atoms with Crippen LogP contribution in [0, 0.1) is 13.8 Å². The molecule has 0 unspecified atom stereocenters. The van der Waals surface area contributed by atoms with Crippen LogP contribution in [0.25, 0.3) is 0 Å². The highest BCUT2D eigenvalue weighted by molar-refractivity contribution is 5.97. The predicted octanol–water partition coefficient (Wildman–Crippen LogP) is 1.25. The van der Waals surface area contributed by atoms with Crippen LogP contribution < -0.4 is 16.4 Å². The van der Waals surface area contributed by atoms with E-state index in [2.05, 4.69) is 10.6 Å². The fraction of sp³-hybridized carbons (Fsp3) is 0.250. The van der Waals surface area contributed by atoms with E-state index in [4.69, 9.17) is 5.73 Å². The van der Waals surface area contributed by atoms with Crippen molar-refractivity contribution in [3.63, 3.8) is 0 Å². The highest BCUT2D eigenvalue weighted by Crippen LogP contribution is 2.15. The quantitative estimate of drug-likeness (QED) is 0.698. The van der Waals surface area contributed by atoms with Crippen molar-refractivity contribution in [3.05, 3.63) is 70.8 Å². The molecule has 0 bridgehead atoms. The second kappa shape index (κ2) is 8.80. The number of carbonyl (C=O) groups is 3. The number of aryl methyl sites for hydroxylation is 2. The van der Waals surface area contributed by atoms with Crippen LogP contribution >= 0.6 is 0 Å². The van der Waals surface area contributed by atoms with E-state index >= 15 is 0 Å². The first-order valence-corrected chi connectivity index (χ1v) is 8.35. The Kier molecular flexibility index (Phi) is 6.49. The summed E-state index contributed by atoms with van der Waals surface area (Å²) in [4.78, 5) is 35.8. The molecule has 26 heavy (non-hydrogen) atoms. The third-order valence-electron chi connectivity index (χ3n) is 4.18. The topological polar surface area (TPSA) is 101 Å². The van der Waals surface area contributed by atoms with Gasteiger partial charge in [-0.25, -0.2) is 0 Å². The van der Waals surface area contributed by atoms with E-state index in [1.807, 2.05) is 32.0 Å². The molecule has 6 nitrogen and oxygen atoms in total. The minimum absolute atomic E-state index is 0.232. The number of carbonyl (C=O) groups excluding carboxylic acids is 3. The maximum absolute atomic E-state index is 12.1. The lowest BCUT2D eigenvalue weighted by atomic mass is 9.96.